The third kappa shape index (κ3) is 7.91. The van der Waals surface area contributed by atoms with Gasteiger partial charge in [-0.05, 0) is 5.92 Å². The Labute approximate surface area is 59.3 Å². The fraction of sp³-hybridized carbons (Fsp3) is 1.00. The highest BCUT2D eigenvalue weighted by Gasteiger charge is 2.00. The second-order valence-corrected chi connectivity index (χ2v) is 3.92. The van der Waals surface area contributed by atoms with Gasteiger partial charge in [0, 0.05) is 9.24 Å². The maximum Gasteiger partial charge on any atom is 0.208 e. The van der Waals surface area contributed by atoms with Crippen LogP contribution in [-0.4, -0.2) is 21.2 Å². The molecule has 0 spiro atoms. The van der Waals surface area contributed by atoms with Crippen LogP contribution in [0.5, 0.6) is 0 Å². The van der Waals surface area contributed by atoms with Crippen molar-refractivity contribution in [2.75, 3.05) is 12.8 Å². The quantitative estimate of drug-likeness (QED) is 0.629. The van der Waals surface area contributed by atoms with E-state index in [-0.39, 0.29) is 5.92 Å². The summed E-state index contributed by atoms with van der Waals surface area (Å²) in [4.78, 5) is 0. The molecule has 3 nitrogen and oxygen atoms in total. The molecule has 1 N–H and O–H groups in total. The smallest absolute Gasteiger partial charge is 0.208 e. The second-order valence-electron chi connectivity index (χ2n) is 2.17. The van der Waals surface area contributed by atoms with Crippen LogP contribution in [0.15, 0.2) is 0 Å². The molecule has 0 aliphatic rings. The van der Waals surface area contributed by atoms with E-state index >= 15 is 0 Å². The van der Waals surface area contributed by atoms with Crippen molar-refractivity contribution in [3.63, 3.8) is 0 Å². The normalized spacial score (nSPS) is 17.3. The topological polar surface area (TPSA) is 46.2 Å². The Kier molecular flexibility index (Phi) is 2.00. The van der Waals surface area contributed by atoms with Crippen LogP contribution in [0.3, 0.4) is 0 Å². The molecular weight excluding hydrogens is 138 g/mol. The largest absolute Gasteiger partial charge is 0.215 e. The van der Waals surface area contributed by atoms with Gasteiger partial charge in [0.25, 0.3) is 0 Å². The first-order valence-electron chi connectivity index (χ1n) is 3.64. The van der Waals surface area contributed by atoms with Crippen LogP contribution in [0.25, 0.3) is 0 Å². The summed E-state index contributed by atoms with van der Waals surface area (Å²) in [7, 11) is -3.45. The van der Waals surface area contributed by atoms with Gasteiger partial charge < -0.3 is 0 Å². The highest BCUT2D eigenvalue weighted by atomic mass is 32.2. The monoisotopic (exact) mass is 153 g/mol. The minimum absolute atomic E-state index is 0.378. The summed E-state index contributed by atoms with van der Waals surface area (Å²) in [6.07, 6.45) is 0.938. The molecule has 0 aromatic rings. The van der Waals surface area contributed by atoms with Crippen molar-refractivity contribution in [3.8, 4) is 0 Å². The number of nitrogens with one attached hydrogen (secondary N) is 1. The van der Waals surface area contributed by atoms with Crippen LogP contribution in [0, 0.1) is 5.92 Å². The van der Waals surface area contributed by atoms with Crippen LogP contribution >= 0.6 is 0 Å². The summed E-state index contributed by atoms with van der Waals surface area (Å²) in [6, 6.07) is 0. The zero-order valence-electron chi connectivity index (χ0n) is 7.80. The maximum absolute atomic E-state index is 10.6. The molecule has 0 aliphatic heterocycles. The van der Waals surface area contributed by atoms with Crippen molar-refractivity contribution in [2.45, 2.75) is 13.8 Å². The summed E-state index contributed by atoms with van der Waals surface area (Å²) in [5.74, 6) is -0.378. The lowest BCUT2D eigenvalue weighted by Crippen LogP contribution is -2.25. The molecule has 0 amide bonds. The fourth-order valence-electron chi connectivity index (χ4n) is 0.225. The van der Waals surface area contributed by atoms with Crippen molar-refractivity contribution in [3.05, 3.63) is 0 Å². The van der Waals surface area contributed by atoms with Gasteiger partial charge in [-0.2, -0.15) is 0 Å². The minimum Gasteiger partial charge on any atom is -0.215 e. The Morgan fingerprint density at radius 2 is 2.11 bits per heavy atom. The van der Waals surface area contributed by atoms with Crippen molar-refractivity contribution in [1.29, 1.82) is 0 Å². The Bertz CT molecular complexity index is 223. The predicted molar refractivity (Wildman–Crippen MR) is 37.7 cm³/mol. The molecule has 0 bridgehead atoms. The van der Waals surface area contributed by atoms with Crippen LogP contribution < -0.4 is 4.72 Å². The molecule has 0 rings (SSSR count). The lowest BCUT2D eigenvalue weighted by molar-refractivity contribution is 0.565. The second kappa shape index (κ2) is 3.17. The Hall–Kier alpha value is -0.0900. The van der Waals surface area contributed by atoms with Gasteiger partial charge in [-0.3, -0.25) is 0 Å². The third-order valence-electron chi connectivity index (χ3n) is 0.533. The molecule has 56 valence electrons. The van der Waals surface area contributed by atoms with E-state index in [9.17, 15) is 8.42 Å². The summed E-state index contributed by atoms with van der Waals surface area (Å²) in [5, 5.41) is 0. The Morgan fingerprint density at radius 3 is 2.22 bits per heavy atom. The van der Waals surface area contributed by atoms with Crippen LogP contribution in [-0.2, 0) is 10.0 Å². The molecule has 0 fully saturated rings. The van der Waals surface area contributed by atoms with Crippen LogP contribution in [0.4, 0.5) is 0 Å². The molecular formula is C5H13NO2S. The van der Waals surface area contributed by atoms with Gasteiger partial charge in [-0.25, -0.2) is 13.1 Å². The SMILES string of the molecule is [2H]C([2H])(NS(C)(=O)=O)C(C)C. The van der Waals surface area contributed by atoms with Gasteiger partial charge in [0.15, 0.2) is 0 Å². The minimum atomic E-state index is -3.45. The Balaban J connectivity index is 4.38. The number of sulfonamides is 1. The van der Waals surface area contributed by atoms with Gasteiger partial charge in [0.2, 0.25) is 10.0 Å². The van der Waals surface area contributed by atoms with Gasteiger partial charge in [-0.15, -0.1) is 0 Å². The van der Waals surface area contributed by atoms with E-state index in [0.717, 1.165) is 6.26 Å². The molecule has 0 aromatic carbocycles. The molecule has 0 aliphatic carbocycles. The molecule has 0 atom stereocenters. The first-order chi connectivity index (χ1) is 4.65. The summed E-state index contributed by atoms with van der Waals surface area (Å²) < 4.78 is 37.5. The third-order valence-corrected chi connectivity index (χ3v) is 1.02. The standard InChI is InChI=1S/C5H13NO2S/c1-5(2)4-6-9(3,7)8/h5-6H,4H2,1-3H3/i4D2. The number of rotatable bonds is 3. The molecule has 4 heteroatoms. The molecule has 0 aromatic heterocycles. The molecule has 0 radical (unpaired) electrons. The molecule has 0 heterocycles. The van der Waals surface area contributed by atoms with E-state index in [4.69, 9.17) is 2.74 Å². The molecule has 0 saturated carbocycles. The van der Waals surface area contributed by atoms with E-state index in [1.54, 1.807) is 13.8 Å². The van der Waals surface area contributed by atoms with Crippen LogP contribution in [0.1, 0.15) is 16.6 Å². The van der Waals surface area contributed by atoms with Crippen molar-refractivity contribution < 1.29 is 11.2 Å². The van der Waals surface area contributed by atoms with Gasteiger partial charge in [-0.1, -0.05) is 13.8 Å². The number of hydrogen-bond acceptors (Lipinski definition) is 2. The van der Waals surface area contributed by atoms with E-state index < -0.39 is 16.5 Å². The van der Waals surface area contributed by atoms with E-state index in [2.05, 4.69) is 0 Å². The number of hydrogen-bond donors (Lipinski definition) is 1. The molecule has 0 unspecified atom stereocenters. The summed E-state index contributed by atoms with van der Waals surface area (Å²) in [6.45, 7) is 1.37. The van der Waals surface area contributed by atoms with Gasteiger partial charge >= 0.3 is 0 Å². The predicted octanol–water partition coefficient (Wildman–Crippen LogP) is 0.192. The van der Waals surface area contributed by atoms with E-state index in [1.807, 2.05) is 4.72 Å². The molecule has 9 heavy (non-hydrogen) atoms. The van der Waals surface area contributed by atoms with Crippen molar-refractivity contribution in [2.24, 2.45) is 5.92 Å². The highest BCUT2D eigenvalue weighted by Crippen LogP contribution is 1.87. The maximum atomic E-state index is 10.6. The lowest BCUT2D eigenvalue weighted by atomic mass is 10.2. The Morgan fingerprint density at radius 1 is 1.67 bits per heavy atom. The van der Waals surface area contributed by atoms with Gasteiger partial charge in [0.1, 0.15) is 0 Å². The summed E-state index contributed by atoms with van der Waals surface area (Å²) >= 11 is 0. The van der Waals surface area contributed by atoms with Crippen LogP contribution in [0.2, 0.25) is 0 Å². The average Bonchev–Trinajstić information content (AvgIpc) is 1.56. The van der Waals surface area contributed by atoms with E-state index in [1.165, 1.54) is 0 Å². The average molecular weight is 153 g/mol. The van der Waals surface area contributed by atoms with Crippen molar-refractivity contribution >= 4 is 10.0 Å². The summed E-state index contributed by atoms with van der Waals surface area (Å²) in [5.41, 5.74) is 0. The van der Waals surface area contributed by atoms with Gasteiger partial charge in [0.05, 0.1) is 6.26 Å². The zero-order valence-corrected chi connectivity index (χ0v) is 6.62. The first-order valence-corrected chi connectivity index (χ1v) is 4.53. The zero-order chi connectivity index (χ0) is 9.28. The first kappa shape index (κ1) is 5.68. The lowest BCUT2D eigenvalue weighted by Gasteiger charge is -2.03. The molecule has 0 saturated heterocycles. The fourth-order valence-corrected chi connectivity index (χ4v) is 0.675. The van der Waals surface area contributed by atoms with E-state index in [0.29, 0.717) is 0 Å². The highest BCUT2D eigenvalue weighted by molar-refractivity contribution is 7.88. The van der Waals surface area contributed by atoms with Crippen molar-refractivity contribution in [1.82, 2.24) is 4.72 Å².